The van der Waals surface area contributed by atoms with Gasteiger partial charge in [0.2, 0.25) is 11.8 Å². The highest BCUT2D eigenvalue weighted by Crippen LogP contribution is 2.12. The first-order valence-corrected chi connectivity index (χ1v) is 13.0. The molecule has 3 N–H and O–H groups in total. The lowest BCUT2D eigenvalue weighted by Gasteiger charge is -2.28. The summed E-state index contributed by atoms with van der Waals surface area (Å²) < 4.78 is 15.3. The largest absolute Gasteiger partial charge is 0.467 e. The topological polar surface area (TPSA) is 149 Å². The van der Waals surface area contributed by atoms with Crippen molar-refractivity contribution in [3.63, 3.8) is 0 Å². The van der Waals surface area contributed by atoms with Gasteiger partial charge in [0.25, 0.3) is 0 Å². The van der Waals surface area contributed by atoms with Crippen molar-refractivity contribution in [2.75, 3.05) is 7.11 Å². The predicted octanol–water partition coefficient (Wildman–Crippen LogP) is 2.86. The molecular formula is C28H43N3O8. The summed E-state index contributed by atoms with van der Waals surface area (Å²) in [5.74, 6) is -3.05. The average molecular weight is 550 g/mol. The summed E-state index contributed by atoms with van der Waals surface area (Å²) in [6.07, 6.45) is -1.12. The third-order valence-electron chi connectivity index (χ3n) is 5.54. The Balaban J connectivity index is 3.00. The average Bonchev–Trinajstić information content (AvgIpc) is 2.85. The molecule has 218 valence electrons. The van der Waals surface area contributed by atoms with Crippen LogP contribution in [0.1, 0.15) is 66.9 Å². The lowest BCUT2D eigenvalue weighted by Crippen LogP contribution is -2.58. The number of carbonyl (C=O) groups is 5. The molecule has 0 aromatic heterocycles. The van der Waals surface area contributed by atoms with Gasteiger partial charge in [-0.1, -0.05) is 58.0 Å². The maximum atomic E-state index is 13.3. The van der Waals surface area contributed by atoms with Crippen molar-refractivity contribution in [1.29, 1.82) is 0 Å². The molecule has 0 heterocycles. The van der Waals surface area contributed by atoms with Crippen molar-refractivity contribution in [2.45, 2.75) is 91.6 Å². The second-order valence-electron chi connectivity index (χ2n) is 10.9. The van der Waals surface area contributed by atoms with E-state index in [1.54, 1.807) is 72.7 Å². The lowest BCUT2D eigenvalue weighted by atomic mass is 9.99. The van der Waals surface area contributed by atoms with E-state index < -0.39 is 53.6 Å². The van der Waals surface area contributed by atoms with Crippen LogP contribution in [0.15, 0.2) is 30.3 Å². The minimum absolute atomic E-state index is 0.0196. The molecule has 0 fully saturated rings. The van der Waals surface area contributed by atoms with Crippen molar-refractivity contribution < 1.29 is 38.2 Å². The number of benzene rings is 1. The number of esters is 2. The van der Waals surface area contributed by atoms with Crippen LogP contribution >= 0.6 is 0 Å². The van der Waals surface area contributed by atoms with E-state index >= 15 is 0 Å². The van der Waals surface area contributed by atoms with Gasteiger partial charge in [0.05, 0.1) is 7.11 Å². The van der Waals surface area contributed by atoms with Crippen LogP contribution in [0.2, 0.25) is 0 Å². The van der Waals surface area contributed by atoms with Gasteiger partial charge in [0, 0.05) is 6.42 Å². The standard InChI is InChI=1S/C28H43N3O8/c1-17(2)22(25(34)31-23(18(3)4)26(35)37-8)30-24(33)20(14-15-21(32)39-28(5,6)7)29-27(36)38-16-19-12-10-9-11-13-19/h9-13,17-18,20,22-23H,14-16H2,1-8H3,(H,29,36)(H,30,33)(H,31,34)/t20-,22-,23-/m0/s1. The molecule has 11 heteroatoms. The quantitative estimate of drug-likeness (QED) is 0.251. The fraction of sp³-hybridized carbons (Fsp3) is 0.607. The summed E-state index contributed by atoms with van der Waals surface area (Å²) in [4.78, 5) is 63.3. The number of hydrogen-bond acceptors (Lipinski definition) is 8. The number of methoxy groups -OCH3 is 1. The number of amides is 3. The first-order chi connectivity index (χ1) is 18.1. The van der Waals surface area contributed by atoms with Crippen molar-refractivity contribution in [3.8, 4) is 0 Å². The second kappa shape index (κ2) is 15.7. The predicted molar refractivity (Wildman–Crippen MR) is 144 cm³/mol. The number of alkyl carbamates (subject to hydrolysis) is 1. The van der Waals surface area contributed by atoms with Gasteiger partial charge < -0.3 is 30.2 Å². The monoisotopic (exact) mass is 549 g/mol. The van der Waals surface area contributed by atoms with Crippen LogP contribution in [0.4, 0.5) is 4.79 Å². The highest BCUT2D eigenvalue weighted by atomic mass is 16.6. The van der Waals surface area contributed by atoms with Gasteiger partial charge in [-0.15, -0.1) is 0 Å². The molecule has 1 rings (SSSR count). The SMILES string of the molecule is COC(=O)[C@@H](NC(=O)[C@@H](NC(=O)[C@H](CCC(=O)OC(C)(C)C)NC(=O)OCc1ccccc1)C(C)C)C(C)C. The van der Waals surface area contributed by atoms with E-state index in [0.29, 0.717) is 0 Å². The van der Waals surface area contributed by atoms with Crippen molar-refractivity contribution >= 4 is 29.8 Å². The smallest absolute Gasteiger partial charge is 0.408 e. The van der Waals surface area contributed by atoms with Crippen molar-refractivity contribution in [2.24, 2.45) is 11.8 Å². The van der Waals surface area contributed by atoms with E-state index in [1.807, 2.05) is 6.07 Å². The van der Waals surface area contributed by atoms with Gasteiger partial charge >= 0.3 is 18.0 Å². The molecule has 1 aromatic rings. The van der Waals surface area contributed by atoms with Crippen LogP contribution in [-0.4, -0.2) is 60.7 Å². The molecule has 3 atom stereocenters. The van der Waals surface area contributed by atoms with Crippen molar-refractivity contribution in [1.82, 2.24) is 16.0 Å². The zero-order valence-corrected chi connectivity index (χ0v) is 24.2. The van der Waals surface area contributed by atoms with E-state index in [0.717, 1.165) is 5.56 Å². The molecule has 11 nitrogen and oxygen atoms in total. The number of rotatable bonds is 13. The maximum absolute atomic E-state index is 13.3. The molecule has 0 saturated carbocycles. The minimum atomic E-state index is -1.20. The molecular weight excluding hydrogens is 506 g/mol. The summed E-state index contributed by atoms with van der Waals surface area (Å²) in [6.45, 7) is 12.1. The van der Waals surface area contributed by atoms with Crippen LogP contribution < -0.4 is 16.0 Å². The van der Waals surface area contributed by atoms with Gasteiger partial charge in [0.15, 0.2) is 0 Å². The molecule has 0 radical (unpaired) electrons. The van der Waals surface area contributed by atoms with Gasteiger partial charge in [-0.25, -0.2) is 9.59 Å². The van der Waals surface area contributed by atoms with E-state index in [1.165, 1.54) is 7.11 Å². The Labute approximate surface area is 230 Å². The molecule has 39 heavy (non-hydrogen) atoms. The Morgan fingerprint density at radius 3 is 1.90 bits per heavy atom. The number of nitrogens with one attached hydrogen (secondary N) is 3. The first-order valence-electron chi connectivity index (χ1n) is 13.0. The van der Waals surface area contributed by atoms with Crippen LogP contribution in [0, 0.1) is 11.8 Å². The van der Waals surface area contributed by atoms with E-state index in [-0.39, 0.29) is 31.3 Å². The minimum Gasteiger partial charge on any atom is -0.467 e. The summed E-state index contributed by atoms with van der Waals surface area (Å²) in [6, 6.07) is 5.86. The van der Waals surface area contributed by atoms with Gasteiger partial charge in [0.1, 0.15) is 30.3 Å². The Morgan fingerprint density at radius 1 is 0.821 bits per heavy atom. The highest BCUT2D eigenvalue weighted by molar-refractivity contribution is 5.93. The number of carbonyl (C=O) groups excluding carboxylic acids is 5. The third-order valence-corrected chi connectivity index (χ3v) is 5.54. The normalized spacial score (nSPS) is 13.6. The molecule has 0 spiro atoms. The van der Waals surface area contributed by atoms with E-state index in [9.17, 15) is 24.0 Å². The second-order valence-corrected chi connectivity index (χ2v) is 10.9. The lowest BCUT2D eigenvalue weighted by molar-refractivity contribution is -0.155. The highest BCUT2D eigenvalue weighted by Gasteiger charge is 2.33. The third kappa shape index (κ3) is 12.6. The maximum Gasteiger partial charge on any atom is 0.408 e. The molecule has 0 unspecified atom stereocenters. The van der Waals surface area contributed by atoms with Crippen molar-refractivity contribution in [3.05, 3.63) is 35.9 Å². The molecule has 0 bridgehead atoms. The summed E-state index contributed by atoms with van der Waals surface area (Å²) >= 11 is 0. The number of hydrogen-bond donors (Lipinski definition) is 3. The molecule has 3 amide bonds. The van der Waals surface area contributed by atoms with E-state index in [2.05, 4.69) is 16.0 Å². The Kier molecular flexibility index (Phi) is 13.4. The van der Waals surface area contributed by atoms with Crippen LogP contribution in [0.25, 0.3) is 0 Å². The van der Waals surface area contributed by atoms with Gasteiger partial charge in [-0.05, 0) is 44.6 Å². The summed E-state index contributed by atoms with van der Waals surface area (Å²) in [5.41, 5.74) is 0.0360. The van der Waals surface area contributed by atoms with Crippen LogP contribution in [0.3, 0.4) is 0 Å². The number of ether oxygens (including phenoxy) is 3. The molecule has 0 aliphatic carbocycles. The fourth-order valence-corrected chi connectivity index (χ4v) is 3.49. The Hall–Kier alpha value is -3.63. The summed E-state index contributed by atoms with van der Waals surface area (Å²) in [7, 11) is 1.23. The first kappa shape index (κ1) is 33.4. The zero-order valence-electron chi connectivity index (χ0n) is 24.2. The zero-order chi connectivity index (χ0) is 29.8. The van der Waals surface area contributed by atoms with E-state index in [4.69, 9.17) is 14.2 Å². The molecule has 0 aliphatic rings. The summed E-state index contributed by atoms with van der Waals surface area (Å²) in [5, 5.41) is 7.76. The van der Waals surface area contributed by atoms with Crippen LogP contribution in [0.5, 0.6) is 0 Å². The van der Waals surface area contributed by atoms with Gasteiger partial charge in [-0.3, -0.25) is 14.4 Å². The van der Waals surface area contributed by atoms with Gasteiger partial charge in [-0.2, -0.15) is 0 Å². The van der Waals surface area contributed by atoms with Crippen LogP contribution in [-0.2, 0) is 40.0 Å². The molecule has 0 saturated heterocycles. The molecule has 1 aromatic carbocycles. The Morgan fingerprint density at radius 2 is 1.38 bits per heavy atom. The Bertz CT molecular complexity index is 973. The fourth-order valence-electron chi connectivity index (χ4n) is 3.49. The molecule has 0 aliphatic heterocycles.